The van der Waals surface area contributed by atoms with E-state index in [4.69, 9.17) is 14.5 Å². The summed E-state index contributed by atoms with van der Waals surface area (Å²) in [5, 5.41) is 28.6. The summed E-state index contributed by atoms with van der Waals surface area (Å²) in [7, 11) is -17.0. The van der Waals surface area contributed by atoms with Gasteiger partial charge >= 0.3 is 29.2 Å². The molecule has 0 saturated carbocycles. The van der Waals surface area contributed by atoms with E-state index in [2.05, 4.69) is 23.5 Å². The standard InChI is InChI=1S/C17H20N5O15P3/c23-13-12(8-34-39(30,31)37-40(32,33)36-38(27,28)29)35-16(14(13)24)21-7-11(15(25)18-17(21)26)22-6-10(19-20-22)9-4-2-1-3-5-9/h1-7,12-14,16,23-24H,8H2,(H,30,31)(H,32,33)(H,18,25,26)(H2,27,28,29)/t12-,13?,14+,16-/m1/s1. The molecule has 1 aromatic carbocycles. The lowest BCUT2D eigenvalue weighted by Crippen LogP contribution is -2.39. The summed E-state index contributed by atoms with van der Waals surface area (Å²) in [6.07, 6.45) is -4.76. The maximum atomic E-state index is 12.5. The van der Waals surface area contributed by atoms with Crippen molar-refractivity contribution >= 4 is 23.5 Å². The Kier molecular flexibility index (Phi) is 8.56. The van der Waals surface area contributed by atoms with Crippen LogP contribution in [0.25, 0.3) is 16.9 Å². The molecule has 4 rings (SSSR count). The van der Waals surface area contributed by atoms with Gasteiger partial charge in [0.2, 0.25) is 0 Å². The second kappa shape index (κ2) is 11.3. The van der Waals surface area contributed by atoms with Gasteiger partial charge in [-0.05, 0) is 0 Å². The molecule has 0 amide bonds. The molecule has 0 bridgehead atoms. The maximum Gasteiger partial charge on any atom is 0.490 e. The van der Waals surface area contributed by atoms with Gasteiger partial charge in [0.1, 0.15) is 29.7 Å². The van der Waals surface area contributed by atoms with E-state index in [9.17, 15) is 43.3 Å². The predicted octanol–water partition coefficient (Wildman–Crippen LogP) is -1.25. The van der Waals surface area contributed by atoms with Crippen molar-refractivity contribution < 1.29 is 61.4 Å². The molecule has 23 heteroatoms. The molecule has 1 aliphatic rings. The molecule has 0 aliphatic carbocycles. The van der Waals surface area contributed by atoms with Gasteiger partial charge in [-0.25, -0.2) is 23.2 Å². The number of phosphoric ester groups is 1. The molecular formula is C17H20N5O15P3. The Labute approximate surface area is 221 Å². The van der Waals surface area contributed by atoms with Gasteiger partial charge in [0.15, 0.2) is 6.23 Å². The monoisotopic (exact) mass is 627 g/mol. The Morgan fingerprint density at radius 2 is 1.62 bits per heavy atom. The first-order valence-electron chi connectivity index (χ1n) is 10.7. The van der Waals surface area contributed by atoms with Crippen LogP contribution < -0.4 is 11.2 Å². The van der Waals surface area contributed by atoms with Crippen molar-refractivity contribution in [3.8, 4) is 16.9 Å². The average molecular weight is 627 g/mol. The molecule has 1 fully saturated rings. The number of aromatic amines is 1. The van der Waals surface area contributed by atoms with Gasteiger partial charge in [-0.15, -0.1) is 5.10 Å². The normalized spacial score (nSPS) is 24.4. The van der Waals surface area contributed by atoms with Crippen LogP contribution in [0.4, 0.5) is 0 Å². The largest absolute Gasteiger partial charge is 0.490 e. The summed E-state index contributed by atoms with van der Waals surface area (Å²) in [6, 6.07) is 8.78. The third kappa shape index (κ3) is 7.15. The van der Waals surface area contributed by atoms with Crippen LogP contribution in [0.3, 0.4) is 0 Å². The molecule has 6 atom stereocenters. The molecule has 1 saturated heterocycles. The Hall–Kier alpha value is -2.67. The fraction of sp³-hybridized carbons (Fsp3) is 0.294. The topological polar surface area (TPSA) is 295 Å². The third-order valence-corrected chi connectivity index (χ3v) is 8.99. The molecule has 1 aliphatic heterocycles. The number of benzene rings is 1. The van der Waals surface area contributed by atoms with E-state index in [0.29, 0.717) is 15.8 Å². The molecule has 0 radical (unpaired) electrons. The van der Waals surface area contributed by atoms with Crippen molar-refractivity contribution in [1.29, 1.82) is 0 Å². The van der Waals surface area contributed by atoms with Crippen molar-refractivity contribution in [3.63, 3.8) is 0 Å². The number of nitrogens with one attached hydrogen (secondary N) is 1. The van der Waals surface area contributed by atoms with Gasteiger partial charge in [0.05, 0.1) is 12.8 Å². The number of aliphatic hydroxyl groups is 2. The minimum absolute atomic E-state index is 0.240. The zero-order chi connectivity index (χ0) is 29.5. The van der Waals surface area contributed by atoms with Crippen molar-refractivity contribution in [1.82, 2.24) is 24.5 Å². The van der Waals surface area contributed by atoms with Crippen molar-refractivity contribution in [2.45, 2.75) is 24.5 Å². The van der Waals surface area contributed by atoms with Crippen LogP contribution in [-0.2, 0) is 31.6 Å². The van der Waals surface area contributed by atoms with Crippen LogP contribution in [0.2, 0.25) is 0 Å². The van der Waals surface area contributed by atoms with Crippen LogP contribution in [0.1, 0.15) is 6.23 Å². The van der Waals surface area contributed by atoms with Gasteiger partial charge in [-0.2, -0.15) is 8.62 Å². The number of nitrogens with zero attached hydrogens (tertiary/aromatic N) is 4. The number of ether oxygens (including phenoxy) is 1. The average Bonchev–Trinajstić information content (AvgIpc) is 3.42. The van der Waals surface area contributed by atoms with Gasteiger partial charge in [0, 0.05) is 11.8 Å². The number of phosphoric acid groups is 3. The number of rotatable bonds is 10. The number of aromatic nitrogens is 5. The minimum atomic E-state index is -5.79. The lowest BCUT2D eigenvalue weighted by molar-refractivity contribution is -0.0542. The van der Waals surface area contributed by atoms with Crippen LogP contribution in [0.15, 0.2) is 52.3 Å². The number of hydrogen-bond acceptors (Lipinski definition) is 13. The quantitative estimate of drug-likeness (QED) is 0.129. The van der Waals surface area contributed by atoms with Crippen LogP contribution in [0, 0.1) is 0 Å². The summed E-state index contributed by atoms with van der Waals surface area (Å²) in [5.41, 5.74) is -1.15. The third-order valence-electron chi connectivity index (χ3n) is 5.19. The molecule has 2 aromatic heterocycles. The highest BCUT2D eigenvalue weighted by Gasteiger charge is 2.47. The first-order valence-corrected chi connectivity index (χ1v) is 15.2. The van der Waals surface area contributed by atoms with E-state index < -0.39 is 65.9 Å². The summed E-state index contributed by atoms with van der Waals surface area (Å²) in [5.74, 6) is 0. The van der Waals surface area contributed by atoms with E-state index in [0.717, 1.165) is 10.9 Å². The SMILES string of the molecule is O=c1[nH]c(=O)n([C@@H]2O[C@H](COP(=O)(O)OP(=O)(O)OP(=O)(O)O)C(O)[C@@H]2O)cc1-n1cc(-c2ccccc2)nn1. The zero-order valence-corrected chi connectivity index (χ0v) is 22.2. The molecule has 0 spiro atoms. The molecule has 218 valence electrons. The highest BCUT2D eigenvalue weighted by Crippen LogP contribution is 2.66. The second-order valence-corrected chi connectivity index (χ2v) is 12.4. The predicted molar refractivity (Wildman–Crippen MR) is 127 cm³/mol. The summed E-state index contributed by atoms with van der Waals surface area (Å²) < 4.78 is 52.8. The zero-order valence-electron chi connectivity index (χ0n) is 19.5. The Balaban J connectivity index is 1.52. The van der Waals surface area contributed by atoms with Gasteiger partial charge in [-0.3, -0.25) is 18.9 Å². The van der Waals surface area contributed by atoms with E-state index in [1.165, 1.54) is 6.20 Å². The van der Waals surface area contributed by atoms with E-state index >= 15 is 0 Å². The molecule has 3 unspecified atom stereocenters. The van der Waals surface area contributed by atoms with Gasteiger partial charge in [0.25, 0.3) is 5.56 Å². The van der Waals surface area contributed by atoms with Crippen LogP contribution in [0.5, 0.6) is 0 Å². The Bertz CT molecular complexity index is 1630. The van der Waals surface area contributed by atoms with Crippen LogP contribution in [-0.4, -0.2) is 79.3 Å². The summed E-state index contributed by atoms with van der Waals surface area (Å²) in [6.45, 7) is -1.10. The fourth-order valence-corrected chi connectivity index (χ4v) is 6.55. The Morgan fingerprint density at radius 1 is 0.950 bits per heavy atom. The fourth-order valence-electron chi connectivity index (χ4n) is 3.52. The van der Waals surface area contributed by atoms with Gasteiger partial charge in [-0.1, -0.05) is 35.5 Å². The summed E-state index contributed by atoms with van der Waals surface area (Å²) in [4.78, 5) is 62.9. The lowest BCUT2D eigenvalue weighted by Gasteiger charge is -2.19. The molecular weight excluding hydrogens is 607 g/mol. The van der Waals surface area contributed by atoms with Crippen molar-refractivity contribution in [2.24, 2.45) is 0 Å². The lowest BCUT2D eigenvalue weighted by atomic mass is 10.1. The number of aliphatic hydroxyl groups excluding tert-OH is 2. The molecule has 7 N–H and O–H groups in total. The maximum absolute atomic E-state index is 12.5. The van der Waals surface area contributed by atoms with Gasteiger partial charge < -0.3 is 34.5 Å². The molecule has 40 heavy (non-hydrogen) atoms. The van der Waals surface area contributed by atoms with Crippen molar-refractivity contribution in [2.75, 3.05) is 6.61 Å². The highest BCUT2D eigenvalue weighted by atomic mass is 31.3. The summed E-state index contributed by atoms with van der Waals surface area (Å²) >= 11 is 0. The number of hydrogen-bond donors (Lipinski definition) is 7. The minimum Gasteiger partial charge on any atom is -0.387 e. The first-order chi connectivity index (χ1) is 18.6. The molecule has 3 aromatic rings. The second-order valence-electron chi connectivity index (χ2n) is 8.03. The molecule has 20 nitrogen and oxygen atoms in total. The Morgan fingerprint density at radius 3 is 2.27 bits per heavy atom. The highest BCUT2D eigenvalue weighted by molar-refractivity contribution is 7.66. The van der Waals surface area contributed by atoms with Crippen molar-refractivity contribution in [3.05, 3.63) is 63.6 Å². The first kappa shape index (κ1) is 30.3. The van der Waals surface area contributed by atoms with E-state index in [1.807, 2.05) is 4.98 Å². The van der Waals surface area contributed by atoms with Crippen LogP contribution >= 0.6 is 23.5 Å². The smallest absolute Gasteiger partial charge is 0.387 e. The number of H-pyrrole nitrogens is 1. The van der Waals surface area contributed by atoms with E-state index in [-0.39, 0.29) is 5.69 Å². The van der Waals surface area contributed by atoms with E-state index in [1.54, 1.807) is 30.3 Å². The molecule has 3 heterocycles.